The van der Waals surface area contributed by atoms with Gasteiger partial charge in [-0.1, -0.05) is 23.7 Å². The van der Waals surface area contributed by atoms with Crippen LogP contribution in [0.15, 0.2) is 36.4 Å². The Bertz CT molecular complexity index is 1140. The number of benzene rings is 1. The number of nitrogens with zero attached hydrogens (tertiary/aromatic N) is 2. The first-order valence-electron chi connectivity index (χ1n) is 9.75. The Morgan fingerprint density at radius 3 is 1.94 bits per heavy atom. The van der Waals surface area contributed by atoms with Gasteiger partial charge in [-0.2, -0.15) is 5.10 Å². The predicted molar refractivity (Wildman–Crippen MR) is 114 cm³/mol. The standard InChI is InChI=1S/C22H21ClN2O6/c1-4-29-20(26)17-16-12-11-15(13-7-9-14(23)10-8-13)24-25(16)19(22(28)31-6-3)18(17)21(27)30-5-2/h7-12H,4-6H2,1-3H3. The SMILES string of the molecule is CCOC(=O)c1c(C(=O)OCC)c2ccc(-c3ccc(Cl)cc3)nn2c1C(=O)OCC. The van der Waals surface area contributed by atoms with E-state index in [1.54, 1.807) is 57.2 Å². The first-order chi connectivity index (χ1) is 14.9. The van der Waals surface area contributed by atoms with Crippen LogP contribution in [0.5, 0.6) is 0 Å². The highest BCUT2D eigenvalue weighted by atomic mass is 35.5. The van der Waals surface area contributed by atoms with Gasteiger partial charge >= 0.3 is 17.9 Å². The number of carbonyl (C=O) groups is 3. The minimum Gasteiger partial charge on any atom is -0.462 e. The number of esters is 3. The molecule has 0 aliphatic carbocycles. The van der Waals surface area contributed by atoms with Gasteiger partial charge in [0.1, 0.15) is 11.1 Å². The lowest BCUT2D eigenvalue weighted by Gasteiger charge is -2.07. The summed E-state index contributed by atoms with van der Waals surface area (Å²) in [4.78, 5) is 38.3. The molecule has 0 aliphatic rings. The second-order valence-corrected chi connectivity index (χ2v) is 6.72. The molecule has 0 unspecified atom stereocenters. The fraction of sp³-hybridized carbons (Fsp3) is 0.273. The lowest BCUT2D eigenvalue weighted by molar-refractivity contribution is 0.0459. The van der Waals surface area contributed by atoms with Gasteiger partial charge < -0.3 is 14.2 Å². The van der Waals surface area contributed by atoms with E-state index in [-0.39, 0.29) is 42.2 Å². The van der Waals surface area contributed by atoms with Crippen molar-refractivity contribution in [2.45, 2.75) is 20.8 Å². The second-order valence-electron chi connectivity index (χ2n) is 6.28. The van der Waals surface area contributed by atoms with E-state index in [0.717, 1.165) is 5.56 Å². The van der Waals surface area contributed by atoms with E-state index in [0.29, 0.717) is 10.7 Å². The molecule has 31 heavy (non-hydrogen) atoms. The average Bonchev–Trinajstić information content (AvgIpc) is 3.09. The molecular weight excluding hydrogens is 424 g/mol. The summed E-state index contributed by atoms with van der Waals surface area (Å²) in [5.41, 5.74) is 0.912. The molecule has 0 atom stereocenters. The largest absolute Gasteiger partial charge is 0.462 e. The van der Waals surface area contributed by atoms with Crippen LogP contribution in [0.2, 0.25) is 5.02 Å². The third kappa shape index (κ3) is 4.39. The van der Waals surface area contributed by atoms with Gasteiger partial charge in [0.2, 0.25) is 0 Å². The summed E-state index contributed by atoms with van der Waals surface area (Å²) in [5, 5.41) is 5.06. The number of hydrogen-bond acceptors (Lipinski definition) is 7. The lowest BCUT2D eigenvalue weighted by atomic mass is 10.1. The third-order valence-corrected chi connectivity index (χ3v) is 4.61. The molecule has 0 aliphatic heterocycles. The van der Waals surface area contributed by atoms with E-state index in [9.17, 15) is 14.4 Å². The number of rotatable bonds is 7. The van der Waals surface area contributed by atoms with Gasteiger partial charge in [0.15, 0.2) is 5.69 Å². The van der Waals surface area contributed by atoms with Crippen LogP contribution in [0, 0.1) is 0 Å². The van der Waals surface area contributed by atoms with Crippen molar-refractivity contribution in [2.75, 3.05) is 19.8 Å². The van der Waals surface area contributed by atoms with Gasteiger partial charge in [0.05, 0.1) is 31.0 Å². The van der Waals surface area contributed by atoms with Crippen molar-refractivity contribution in [1.82, 2.24) is 9.61 Å². The summed E-state index contributed by atoms with van der Waals surface area (Å²) < 4.78 is 16.6. The van der Waals surface area contributed by atoms with Crippen LogP contribution in [0.1, 0.15) is 52.0 Å². The molecule has 8 nitrogen and oxygen atoms in total. The number of fused-ring (bicyclic) bond motifs is 1. The van der Waals surface area contributed by atoms with E-state index < -0.39 is 17.9 Å². The van der Waals surface area contributed by atoms with E-state index >= 15 is 0 Å². The molecule has 2 heterocycles. The maximum Gasteiger partial charge on any atom is 0.357 e. The predicted octanol–water partition coefficient (Wildman–Crippen LogP) is 4.18. The minimum atomic E-state index is -0.841. The summed E-state index contributed by atoms with van der Waals surface area (Å²) in [6, 6.07) is 10.2. The zero-order valence-corrected chi connectivity index (χ0v) is 18.1. The maximum absolute atomic E-state index is 12.8. The zero-order chi connectivity index (χ0) is 22.5. The smallest absolute Gasteiger partial charge is 0.357 e. The quantitative estimate of drug-likeness (QED) is 0.398. The molecule has 3 aromatic rings. The Hall–Kier alpha value is -3.39. The summed E-state index contributed by atoms with van der Waals surface area (Å²) in [6.07, 6.45) is 0. The first-order valence-corrected chi connectivity index (χ1v) is 10.1. The summed E-state index contributed by atoms with van der Waals surface area (Å²) in [6.45, 7) is 5.11. The number of halogens is 1. The van der Waals surface area contributed by atoms with Crippen LogP contribution in [0.4, 0.5) is 0 Å². The van der Waals surface area contributed by atoms with Crippen molar-refractivity contribution in [1.29, 1.82) is 0 Å². The van der Waals surface area contributed by atoms with Crippen LogP contribution >= 0.6 is 11.6 Å². The highest BCUT2D eigenvalue weighted by Crippen LogP contribution is 2.28. The maximum atomic E-state index is 12.8. The Balaban J connectivity index is 2.34. The van der Waals surface area contributed by atoms with Gasteiger partial charge in [0, 0.05) is 10.6 Å². The van der Waals surface area contributed by atoms with Gasteiger partial charge in [-0.15, -0.1) is 0 Å². The van der Waals surface area contributed by atoms with Crippen LogP contribution in [-0.2, 0) is 14.2 Å². The summed E-state index contributed by atoms with van der Waals surface area (Å²) in [7, 11) is 0. The molecule has 0 amide bonds. The molecule has 2 aromatic heterocycles. The highest BCUT2D eigenvalue weighted by Gasteiger charge is 2.34. The molecule has 9 heteroatoms. The van der Waals surface area contributed by atoms with E-state index in [2.05, 4.69) is 5.10 Å². The van der Waals surface area contributed by atoms with Crippen molar-refractivity contribution in [3.05, 3.63) is 58.2 Å². The molecule has 1 aromatic carbocycles. The van der Waals surface area contributed by atoms with Crippen LogP contribution in [0.3, 0.4) is 0 Å². The topological polar surface area (TPSA) is 96.2 Å². The fourth-order valence-corrected chi connectivity index (χ4v) is 3.24. The summed E-state index contributed by atoms with van der Waals surface area (Å²) in [5.74, 6) is -2.41. The Kier molecular flexibility index (Phi) is 6.91. The number of hydrogen-bond donors (Lipinski definition) is 0. The minimum absolute atomic E-state index is 0.0546. The molecule has 0 fully saturated rings. The van der Waals surface area contributed by atoms with Crippen molar-refractivity contribution in [3.8, 4) is 11.3 Å². The Morgan fingerprint density at radius 2 is 1.35 bits per heavy atom. The van der Waals surface area contributed by atoms with E-state index in [1.165, 1.54) is 4.52 Å². The second kappa shape index (κ2) is 9.61. The van der Waals surface area contributed by atoms with E-state index in [1.807, 2.05) is 0 Å². The van der Waals surface area contributed by atoms with Gasteiger partial charge in [-0.3, -0.25) is 0 Å². The fourth-order valence-electron chi connectivity index (χ4n) is 3.11. The Morgan fingerprint density at radius 1 is 0.806 bits per heavy atom. The third-order valence-electron chi connectivity index (χ3n) is 4.36. The van der Waals surface area contributed by atoms with Gasteiger partial charge in [0.25, 0.3) is 0 Å². The zero-order valence-electron chi connectivity index (χ0n) is 17.3. The molecule has 0 saturated heterocycles. The monoisotopic (exact) mass is 444 g/mol. The van der Waals surface area contributed by atoms with Crippen molar-refractivity contribution >= 4 is 35.0 Å². The molecule has 0 saturated carbocycles. The average molecular weight is 445 g/mol. The number of aromatic nitrogens is 2. The molecule has 0 spiro atoms. The summed E-state index contributed by atoms with van der Waals surface area (Å²) >= 11 is 5.96. The molecule has 0 radical (unpaired) electrons. The van der Waals surface area contributed by atoms with Crippen LogP contribution in [-0.4, -0.2) is 47.3 Å². The van der Waals surface area contributed by atoms with Crippen LogP contribution < -0.4 is 0 Å². The molecule has 162 valence electrons. The van der Waals surface area contributed by atoms with Crippen molar-refractivity contribution < 1.29 is 28.6 Å². The molecular formula is C22H21ClN2O6. The first kappa shape index (κ1) is 22.3. The van der Waals surface area contributed by atoms with Crippen molar-refractivity contribution in [3.63, 3.8) is 0 Å². The molecule has 0 bridgehead atoms. The normalized spacial score (nSPS) is 10.7. The highest BCUT2D eigenvalue weighted by molar-refractivity contribution is 6.30. The van der Waals surface area contributed by atoms with Crippen molar-refractivity contribution in [2.24, 2.45) is 0 Å². The Labute approximate surface area is 183 Å². The van der Waals surface area contributed by atoms with Gasteiger partial charge in [-0.25, -0.2) is 18.9 Å². The number of carbonyl (C=O) groups excluding carboxylic acids is 3. The lowest BCUT2D eigenvalue weighted by Crippen LogP contribution is -2.18. The molecule has 3 rings (SSSR count). The van der Waals surface area contributed by atoms with Crippen LogP contribution in [0.25, 0.3) is 16.8 Å². The molecule has 0 N–H and O–H groups in total. The number of ether oxygens (including phenoxy) is 3. The van der Waals surface area contributed by atoms with E-state index in [4.69, 9.17) is 25.8 Å². The van der Waals surface area contributed by atoms with Gasteiger partial charge in [-0.05, 0) is 45.0 Å².